The van der Waals surface area contributed by atoms with Gasteiger partial charge in [0, 0.05) is 0 Å². The van der Waals surface area contributed by atoms with Crippen molar-refractivity contribution in [2.24, 2.45) is 5.92 Å². The van der Waals surface area contributed by atoms with Gasteiger partial charge in [0.1, 0.15) is 0 Å². The van der Waals surface area contributed by atoms with Crippen LogP contribution in [0, 0.1) is 5.92 Å². The standard InChI is InChI=1S/C17H27N/c1-5-16-9-6-10-17(12-16)15(4)8-7-11-18-13-14(2)3/h6,8-10,12,14,18H,5,7,11,13H2,1-4H3/b15-8+. The number of benzene rings is 1. The second-order valence-corrected chi connectivity index (χ2v) is 5.33. The summed E-state index contributed by atoms with van der Waals surface area (Å²) in [7, 11) is 0. The fraction of sp³-hybridized carbons (Fsp3) is 0.529. The molecule has 1 aromatic carbocycles. The highest BCUT2D eigenvalue weighted by atomic mass is 14.8. The van der Waals surface area contributed by atoms with E-state index in [0.29, 0.717) is 0 Å². The first kappa shape index (κ1) is 15.0. The van der Waals surface area contributed by atoms with Gasteiger partial charge in [-0.2, -0.15) is 0 Å². The average molecular weight is 245 g/mol. The van der Waals surface area contributed by atoms with E-state index < -0.39 is 0 Å². The van der Waals surface area contributed by atoms with E-state index in [-0.39, 0.29) is 0 Å². The van der Waals surface area contributed by atoms with E-state index in [1.807, 2.05) is 0 Å². The molecule has 0 aliphatic heterocycles. The Morgan fingerprint density at radius 1 is 1.33 bits per heavy atom. The van der Waals surface area contributed by atoms with Crippen LogP contribution in [-0.2, 0) is 6.42 Å². The summed E-state index contributed by atoms with van der Waals surface area (Å²) in [5.41, 5.74) is 4.16. The molecule has 0 aromatic heterocycles. The Bertz CT molecular complexity index is 377. The smallest absolute Gasteiger partial charge is 0.00139 e. The summed E-state index contributed by atoms with van der Waals surface area (Å²) in [6.45, 7) is 11.1. The van der Waals surface area contributed by atoms with Gasteiger partial charge < -0.3 is 5.32 Å². The average Bonchev–Trinajstić information content (AvgIpc) is 2.37. The number of hydrogen-bond acceptors (Lipinski definition) is 1. The molecular weight excluding hydrogens is 218 g/mol. The fourth-order valence-electron chi connectivity index (χ4n) is 1.94. The molecule has 1 heteroatoms. The summed E-state index contributed by atoms with van der Waals surface area (Å²) in [5.74, 6) is 0.733. The Hall–Kier alpha value is -1.08. The normalized spacial score (nSPS) is 12.2. The van der Waals surface area contributed by atoms with Gasteiger partial charge in [0.15, 0.2) is 0 Å². The van der Waals surface area contributed by atoms with Gasteiger partial charge in [-0.05, 0) is 55.5 Å². The maximum atomic E-state index is 3.47. The third kappa shape index (κ3) is 5.50. The molecule has 0 aliphatic rings. The summed E-state index contributed by atoms with van der Waals surface area (Å²) < 4.78 is 0. The van der Waals surface area contributed by atoms with Gasteiger partial charge in [0.05, 0.1) is 0 Å². The minimum atomic E-state index is 0.733. The van der Waals surface area contributed by atoms with Crippen LogP contribution in [-0.4, -0.2) is 13.1 Å². The van der Waals surface area contributed by atoms with Crippen LogP contribution in [0.15, 0.2) is 30.3 Å². The van der Waals surface area contributed by atoms with Crippen molar-refractivity contribution in [1.82, 2.24) is 5.32 Å². The summed E-state index contributed by atoms with van der Waals surface area (Å²) in [6, 6.07) is 8.85. The van der Waals surface area contributed by atoms with Crippen LogP contribution in [0.5, 0.6) is 0 Å². The molecule has 0 bridgehead atoms. The van der Waals surface area contributed by atoms with E-state index in [1.54, 1.807) is 0 Å². The molecule has 0 radical (unpaired) electrons. The first-order valence-electron chi connectivity index (χ1n) is 7.10. The largest absolute Gasteiger partial charge is 0.316 e. The zero-order valence-electron chi connectivity index (χ0n) is 12.3. The molecule has 0 saturated heterocycles. The van der Waals surface area contributed by atoms with Crippen molar-refractivity contribution >= 4 is 5.57 Å². The maximum Gasteiger partial charge on any atom is -0.00139 e. The van der Waals surface area contributed by atoms with Crippen LogP contribution < -0.4 is 5.32 Å². The van der Waals surface area contributed by atoms with E-state index in [9.17, 15) is 0 Å². The third-order valence-corrected chi connectivity index (χ3v) is 3.11. The molecule has 0 spiro atoms. The molecule has 0 aliphatic carbocycles. The quantitative estimate of drug-likeness (QED) is 0.707. The first-order chi connectivity index (χ1) is 8.63. The zero-order chi connectivity index (χ0) is 13.4. The lowest BCUT2D eigenvalue weighted by molar-refractivity contribution is 0.557. The van der Waals surface area contributed by atoms with Crippen LogP contribution in [0.2, 0.25) is 0 Å². The molecule has 0 atom stereocenters. The SMILES string of the molecule is CCc1cccc(/C(C)=C/CCNCC(C)C)c1. The highest BCUT2D eigenvalue weighted by molar-refractivity contribution is 5.64. The van der Waals surface area contributed by atoms with Gasteiger partial charge in [-0.15, -0.1) is 0 Å². The Labute approximate surface area is 112 Å². The molecule has 0 amide bonds. The van der Waals surface area contributed by atoms with E-state index in [0.717, 1.165) is 31.8 Å². The minimum Gasteiger partial charge on any atom is -0.316 e. The molecule has 1 aromatic rings. The number of hydrogen-bond donors (Lipinski definition) is 1. The Balaban J connectivity index is 2.44. The lowest BCUT2D eigenvalue weighted by atomic mass is 10.0. The molecule has 0 saturated carbocycles. The molecule has 0 fully saturated rings. The van der Waals surface area contributed by atoms with Gasteiger partial charge in [-0.3, -0.25) is 0 Å². The Morgan fingerprint density at radius 2 is 2.11 bits per heavy atom. The van der Waals surface area contributed by atoms with Gasteiger partial charge >= 0.3 is 0 Å². The number of nitrogens with one attached hydrogen (secondary N) is 1. The second kappa shape index (κ2) is 8.10. The van der Waals surface area contributed by atoms with Crippen LogP contribution in [0.3, 0.4) is 0 Å². The Morgan fingerprint density at radius 3 is 2.78 bits per heavy atom. The lowest BCUT2D eigenvalue weighted by Crippen LogP contribution is -2.20. The lowest BCUT2D eigenvalue weighted by Gasteiger charge is -2.07. The van der Waals surface area contributed by atoms with Crippen molar-refractivity contribution in [1.29, 1.82) is 0 Å². The summed E-state index contributed by atoms with van der Waals surface area (Å²) in [5, 5.41) is 3.47. The van der Waals surface area contributed by atoms with E-state index in [4.69, 9.17) is 0 Å². The molecule has 0 heterocycles. The molecule has 1 rings (SSSR count). The van der Waals surface area contributed by atoms with Crippen molar-refractivity contribution in [3.8, 4) is 0 Å². The molecule has 100 valence electrons. The molecule has 1 N–H and O–H groups in total. The molecule has 18 heavy (non-hydrogen) atoms. The maximum absolute atomic E-state index is 3.47. The summed E-state index contributed by atoms with van der Waals surface area (Å²) >= 11 is 0. The fourth-order valence-corrected chi connectivity index (χ4v) is 1.94. The minimum absolute atomic E-state index is 0.733. The number of allylic oxidation sites excluding steroid dienone is 1. The second-order valence-electron chi connectivity index (χ2n) is 5.33. The van der Waals surface area contributed by atoms with E-state index in [1.165, 1.54) is 16.7 Å². The highest BCUT2D eigenvalue weighted by Gasteiger charge is 1.97. The molecular formula is C17H27N. The van der Waals surface area contributed by atoms with Gasteiger partial charge in [-0.1, -0.05) is 51.1 Å². The van der Waals surface area contributed by atoms with Gasteiger partial charge in [0.25, 0.3) is 0 Å². The van der Waals surface area contributed by atoms with Gasteiger partial charge in [0.2, 0.25) is 0 Å². The monoisotopic (exact) mass is 245 g/mol. The summed E-state index contributed by atoms with van der Waals surface area (Å²) in [4.78, 5) is 0. The molecule has 0 unspecified atom stereocenters. The van der Waals surface area contributed by atoms with Gasteiger partial charge in [-0.25, -0.2) is 0 Å². The van der Waals surface area contributed by atoms with Crippen LogP contribution in [0.4, 0.5) is 0 Å². The predicted molar refractivity (Wildman–Crippen MR) is 81.8 cm³/mol. The van der Waals surface area contributed by atoms with Crippen molar-refractivity contribution in [2.75, 3.05) is 13.1 Å². The van der Waals surface area contributed by atoms with Crippen LogP contribution >= 0.6 is 0 Å². The van der Waals surface area contributed by atoms with Crippen molar-refractivity contribution in [3.63, 3.8) is 0 Å². The zero-order valence-corrected chi connectivity index (χ0v) is 12.3. The Kier molecular flexibility index (Phi) is 6.74. The predicted octanol–water partition coefficient (Wildman–Crippen LogP) is 4.29. The topological polar surface area (TPSA) is 12.0 Å². The van der Waals surface area contributed by atoms with Crippen molar-refractivity contribution < 1.29 is 0 Å². The first-order valence-corrected chi connectivity index (χ1v) is 7.10. The summed E-state index contributed by atoms with van der Waals surface area (Å²) in [6.07, 6.45) is 4.55. The van der Waals surface area contributed by atoms with Crippen molar-refractivity contribution in [3.05, 3.63) is 41.5 Å². The van der Waals surface area contributed by atoms with Crippen LogP contribution in [0.25, 0.3) is 5.57 Å². The molecule has 1 nitrogen and oxygen atoms in total. The van der Waals surface area contributed by atoms with E-state index in [2.05, 4.69) is 63.4 Å². The number of rotatable bonds is 7. The third-order valence-electron chi connectivity index (χ3n) is 3.11. The highest BCUT2D eigenvalue weighted by Crippen LogP contribution is 2.16. The van der Waals surface area contributed by atoms with E-state index >= 15 is 0 Å². The van der Waals surface area contributed by atoms with Crippen molar-refractivity contribution in [2.45, 2.75) is 40.5 Å². The number of aryl methyl sites for hydroxylation is 1. The van der Waals surface area contributed by atoms with Crippen LogP contribution in [0.1, 0.15) is 45.2 Å².